The van der Waals surface area contributed by atoms with Gasteiger partial charge in [0.15, 0.2) is 10.1 Å². The SMILES string of the molecule is COc1ccc([P+](c2ccccc2)(c2ccccc2)c2ccccc2)cc1.O=S(=O)([O-])C(F)(F)F. The molecule has 0 amide bonds. The maximum Gasteiger partial charge on any atom is 0.485 e. The minimum absolute atomic E-state index is 0.881. The molecule has 9 heteroatoms. The van der Waals surface area contributed by atoms with Crippen LogP contribution in [0, 0.1) is 0 Å². The Morgan fingerprint density at radius 3 is 1.17 bits per heavy atom. The Morgan fingerprint density at radius 1 is 0.629 bits per heavy atom. The van der Waals surface area contributed by atoms with Crippen LogP contribution in [0.5, 0.6) is 5.75 Å². The van der Waals surface area contributed by atoms with E-state index in [4.69, 9.17) is 17.7 Å². The van der Waals surface area contributed by atoms with E-state index in [0.29, 0.717) is 0 Å². The van der Waals surface area contributed by atoms with Crippen LogP contribution in [0.25, 0.3) is 0 Å². The van der Waals surface area contributed by atoms with Crippen molar-refractivity contribution in [1.29, 1.82) is 0 Å². The van der Waals surface area contributed by atoms with Crippen molar-refractivity contribution in [1.82, 2.24) is 0 Å². The Hall–Kier alpha value is -3.19. The molecule has 35 heavy (non-hydrogen) atoms. The molecule has 0 heterocycles. The Morgan fingerprint density at radius 2 is 0.914 bits per heavy atom. The highest BCUT2D eigenvalue weighted by Crippen LogP contribution is 2.54. The molecule has 0 aliphatic heterocycles. The van der Waals surface area contributed by atoms with Crippen LogP contribution in [0.3, 0.4) is 0 Å². The average molecular weight is 518 g/mol. The first-order valence-corrected chi connectivity index (χ1v) is 13.5. The molecule has 0 radical (unpaired) electrons. The standard InChI is InChI=1S/C25H22OP.CHF3O3S/c1-26-21-17-19-25(20-18-21)27(22-11-5-2-6-12-22,23-13-7-3-8-14-23)24-15-9-4-10-16-24;2-1(3,4)8(5,6)7/h2-20H,1H3;(H,5,6,7)/q+1;/p-1. The fraction of sp³-hybridized carbons (Fsp3) is 0.0769. The molecule has 0 unspecified atom stereocenters. The van der Waals surface area contributed by atoms with Crippen molar-refractivity contribution in [3.8, 4) is 5.75 Å². The molecule has 182 valence electrons. The minimum Gasteiger partial charge on any atom is -0.741 e. The van der Waals surface area contributed by atoms with Gasteiger partial charge >= 0.3 is 5.51 Å². The molecular formula is C26H22F3O4PS. The van der Waals surface area contributed by atoms with Crippen molar-refractivity contribution in [2.45, 2.75) is 5.51 Å². The van der Waals surface area contributed by atoms with Gasteiger partial charge in [0.1, 0.15) is 34.2 Å². The van der Waals surface area contributed by atoms with Crippen LogP contribution in [-0.2, 0) is 10.1 Å². The largest absolute Gasteiger partial charge is 0.741 e. The van der Waals surface area contributed by atoms with Crippen molar-refractivity contribution < 1.29 is 30.9 Å². The van der Waals surface area contributed by atoms with Gasteiger partial charge in [-0.25, -0.2) is 8.42 Å². The van der Waals surface area contributed by atoms with Gasteiger partial charge in [0.25, 0.3) is 0 Å². The molecule has 4 rings (SSSR count). The van der Waals surface area contributed by atoms with Gasteiger partial charge in [-0.2, -0.15) is 13.2 Å². The molecular weight excluding hydrogens is 496 g/mol. The number of rotatable bonds is 5. The molecule has 0 bridgehead atoms. The number of hydrogen-bond acceptors (Lipinski definition) is 4. The summed E-state index contributed by atoms with van der Waals surface area (Å²) in [6, 6.07) is 41.2. The Labute approximate surface area is 203 Å². The van der Waals surface area contributed by atoms with E-state index in [1.807, 2.05) is 0 Å². The fourth-order valence-corrected chi connectivity index (χ4v) is 7.90. The summed E-state index contributed by atoms with van der Waals surface area (Å²) in [6.07, 6.45) is 0. The van der Waals surface area contributed by atoms with E-state index in [2.05, 4.69) is 115 Å². The first-order valence-electron chi connectivity index (χ1n) is 10.3. The van der Waals surface area contributed by atoms with E-state index < -0.39 is 22.9 Å². The molecule has 0 aromatic heterocycles. The van der Waals surface area contributed by atoms with Crippen LogP contribution in [0.2, 0.25) is 0 Å². The lowest BCUT2D eigenvalue weighted by molar-refractivity contribution is -0.0517. The topological polar surface area (TPSA) is 66.4 Å². The van der Waals surface area contributed by atoms with Crippen LogP contribution in [0.1, 0.15) is 0 Å². The van der Waals surface area contributed by atoms with E-state index in [-0.39, 0.29) is 0 Å². The monoisotopic (exact) mass is 518 g/mol. The molecule has 0 aliphatic rings. The Kier molecular flexibility index (Phi) is 8.33. The van der Waals surface area contributed by atoms with E-state index in [1.165, 1.54) is 21.2 Å². The van der Waals surface area contributed by atoms with Crippen molar-refractivity contribution in [2.75, 3.05) is 7.11 Å². The fourth-order valence-electron chi connectivity index (χ4n) is 3.66. The second-order valence-electron chi connectivity index (χ2n) is 7.28. The zero-order chi connectivity index (χ0) is 25.5. The number of ether oxygens (including phenoxy) is 1. The predicted molar refractivity (Wildman–Crippen MR) is 134 cm³/mol. The van der Waals surface area contributed by atoms with Gasteiger partial charge in [0, 0.05) is 0 Å². The lowest BCUT2D eigenvalue weighted by Crippen LogP contribution is -2.38. The predicted octanol–water partition coefficient (Wildman–Crippen LogP) is 4.37. The van der Waals surface area contributed by atoms with Gasteiger partial charge in [-0.15, -0.1) is 0 Å². The van der Waals surface area contributed by atoms with Crippen molar-refractivity contribution in [3.05, 3.63) is 115 Å². The summed E-state index contributed by atoms with van der Waals surface area (Å²) < 4.78 is 64.3. The van der Waals surface area contributed by atoms with Crippen LogP contribution in [0.4, 0.5) is 13.2 Å². The summed E-state index contributed by atoms with van der Waals surface area (Å²) >= 11 is 0. The summed E-state index contributed by atoms with van der Waals surface area (Å²) in [5.74, 6) is 0.881. The third-order valence-corrected chi connectivity index (χ3v) is 10.0. The number of methoxy groups -OCH3 is 1. The lowest BCUT2D eigenvalue weighted by Gasteiger charge is -2.27. The molecule has 4 aromatic rings. The molecule has 0 saturated carbocycles. The maximum atomic E-state index is 10.7. The van der Waals surface area contributed by atoms with Gasteiger partial charge in [0.2, 0.25) is 0 Å². The van der Waals surface area contributed by atoms with Gasteiger partial charge in [-0.3, -0.25) is 0 Å². The molecule has 0 aliphatic carbocycles. The third kappa shape index (κ3) is 5.90. The van der Waals surface area contributed by atoms with Crippen LogP contribution < -0.4 is 26.0 Å². The minimum atomic E-state index is -6.09. The summed E-state index contributed by atoms with van der Waals surface area (Å²) in [4.78, 5) is 0. The van der Waals surface area contributed by atoms with Gasteiger partial charge in [-0.05, 0) is 60.7 Å². The summed E-state index contributed by atoms with van der Waals surface area (Å²) in [7, 11) is -6.37. The van der Waals surface area contributed by atoms with Crippen molar-refractivity contribution >= 4 is 38.6 Å². The van der Waals surface area contributed by atoms with Crippen LogP contribution >= 0.6 is 7.26 Å². The number of hydrogen-bond donors (Lipinski definition) is 0. The zero-order valence-electron chi connectivity index (χ0n) is 18.6. The normalized spacial score (nSPS) is 11.8. The second kappa shape index (κ2) is 11.0. The van der Waals surface area contributed by atoms with Crippen LogP contribution in [-0.4, -0.2) is 25.6 Å². The maximum absolute atomic E-state index is 10.7. The van der Waals surface area contributed by atoms with E-state index in [1.54, 1.807) is 7.11 Å². The molecule has 0 saturated heterocycles. The molecule has 0 fully saturated rings. The number of halogens is 3. The highest BCUT2D eigenvalue weighted by molar-refractivity contribution is 8.01. The van der Waals surface area contributed by atoms with E-state index >= 15 is 0 Å². The molecule has 4 nitrogen and oxygen atoms in total. The van der Waals surface area contributed by atoms with Gasteiger partial charge in [0.05, 0.1) is 7.11 Å². The smallest absolute Gasteiger partial charge is 0.485 e. The summed E-state index contributed by atoms with van der Waals surface area (Å²) in [5.41, 5.74) is -5.65. The summed E-state index contributed by atoms with van der Waals surface area (Å²) in [6.45, 7) is 0. The molecule has 0 N–H and O–H groups in total. The lowest BCUT2D eigenvalue weighted by atomic mass is 10.3. The van der Waals surface area contributed by atoms with E-state index in [9.17, 15) is 13.2 Å². The highest BCUT2D eigenvalue weighted by atomic mass is 32.2. The Bertz CT molecular complexity index is 1220. The van der Waals surface area contributed by atoms with Crippen molar-refractivity contribution in [2.24, 2.45) is 0 Å². The third-order valence-electron chi connectivity index (χ3n) is 5.17. The molecule has 0 spiro atoms. The first-order chi connectivity index (χ1) is 16.6. The summed E-state index contributed by atoms with van der Waals surface area (Å²) in [5, 5.41) is 5.39. The highest BCUT2D eigenvalue weighted by Gasteiger charge is 2.47. The average Bonchev–Trinajstić information content (AvgIpc) is 2.86. The number of benzene rings is 4. The molecule has 0 atom stereocenters. The van der Waals surface area contributed by atoms with Crippen LogP contribution in [0.15, 0.2) is 115 Å². The Balaban J connectivity index is 0.000000371. The van der Waals surface area contributed by atoms with Gasteiger partial charge < -0.3 is 9.29 Å². The quantitative estimate of drug-likeness (QED) is 0.224. The van der Waals surface area contributed by atoms with Gasteiger partial charge in [-0.1, -0.05) is 54.6 Å². The zero-order valence-corrected chi connectivity index (χ0v) is 20.3. The second-order valence-corrected chi connectivity index (χ2v) is 12.1. The first kappa shape index (κ1) is 26.4. The molecule has 4 aromatic carbocycles. The number of alkyl halides is 3. The van der Waals surface area contributed by atoms with Crippen molar-refractivity contribution in [3.63, 3.8) is 0 Å². The van der Waals surface area contributed by atoms with E-state index in [0.717, 1.165) is 5.75 Å².